The fourth-order valence-corrected chi connectivity index (χ4v) is 3.13. The molecule has 1 fully saturated rings. The SMILES string of the molecule is COC1(CC(C)(C)c2ccccc2)CCNCC1. The maximum absolute atomic E-state index is 5.90. The number of nitrogens with one attached hydrogen (secondary N) is 1. The van der Waals surface area contributed by atoms with Crippen LogP contribution in [0.2, 0.25) is 0 Å². The number of rotatable bonds is 4. The molecule has 1 aromatic carbocycles. The Morgan fingerprint density at radius 3 is 2.33 bits per heavy atom. The van der Waals surface area contributed by atoms with Gasteiger partial charge in [0.2, 0.25) is 0 Å². The first kappa shape index (κ1) is 13.6. The molecule has 0 saturated carbocycles. The lowest BCUT2D eigenvalue weighted by molar-refractivity contribution is -0.0531. The molecule has 0 bridgehead atoms. The molecule has 18 heavy (non-hydrogen) atoms. The zero-order valence-electron chi connectivity index (χ0n) is 11.8. The first-order valence-electron chi connectivity index (χ1n) is 6.89. The summed E-state index contributed by atoms with van der Waals surface area (Å²) in [6.07, 6.45) is 3.31. The van der Waals surface area contributed by atoms with Gasteiger partial charge in [0.1, 0.15) is 0 Å². The minimum Gasteiger partial charge on any atom is -0.378 e. The van der Waals surface area contributed by atoms with E-state index in [1.807, 2.05) is 7.11 Å². The molecule has 0 spiro atoms. The van der Waals surface area contributed by atoms with Crippen LogP contribution in [0.1, 0.15) is 38.7 Å². The molecule has 2 rings (SSSR count). The van der Waals surface area contributed by atoms with Gasteiger partial charge in [0, 0.05) is 7.11 Å². The van der Waals surface area contributed by atoms with Gasteiger partial charge in [-0.15, -0.1) is 0 Å². The molecule has 1 N–H and O–H groups in total. The van der Waals surface area contributed by atoms with Crippen LogP contribution in [-0.2, 0) is 10.2 Å². The zero-order chi connectivity index (χ0) is 13.1. The lowest BCUT2D eigenvalue weighted by Gasteiger charge is -2.42. The Bertz CT molecular complexity index is 366. The van der Waals surface area contributed by atoms with Crippen molar-refractivity contribution in [3.8, 4) is 0 Å². The number of hydrogen-bond acceptors (Lipinski definition) is 2. The second kappa shape index (κ2) is 5.41. The number of methoxy groups -OCH3 is 1. The van der Waals surface area contributed by atoms with Crippen molar-refractivity contribution in [1.29, 1.82) is 0 Å². The van der Waals surface area contributed by atoms with E-state index in [0.717, 1.165) is 32.4 Å². The summed E-state index contributed by atoms with van der Waals surface area (Å²) in [6, 6.07) is 10.8. The second-order valence-corrected chi connectivity index (χ2v) is 6.06. The van der Waals surface area contributed by atoms with Gasteiger partial charge >= 0.3 is 0 Å². The molecule has 0 aliphatic carbocycles. The van der Waals surface area contributed by atoms with E-state index in [2.05, 4.69) is 49.5 Å². The Morgan fingerprint density at radius 2 is 1.78 bits per heavy atom. The van der Waals surface area contributed by atoms with Gasteiger partial charge in [0.15, 0.2) is 0 Å². The minimum atomic E-state index is 0.0462. The highest BCUT2D eigenvalue weighted by Gasteiger charge is 2.38. The van der Waals surface area contributed by atoms with E-state index in [1.165, 1.54) is 5.56 Å². The van der Waals surface area contributed by atoms with Crippen molar-refractivity contribution in [2.75, 3.05) is 20.2 Å². The van der Waals surface area contributed by atoms with Crippen LogP contribution in [0, 0.1) is 0 Å². The van der Waals surface area contributed by atoms with Gasteiger partial charge in [0.05, 0.1) is 5.60 Å². The first-order valence-corrected chi connectivity index (χ1v) is 6.89. The van der Waals surface area contributed by atoms with Crippen LogP contribution < -0.4 is 5.32 Å². The van der Waals surface area contributed by atoms with Gasteiger partial charge in [-0.25, -0.2) is 0 Å². The average Bonchev–Trinajstić information content (AvgIpc) is 2.40. The van der Waals surface area contributed by atoms with Gasteiger partial charge in [-0.3, -0.25) is 0 Å². The largest absolute Gasteiger partial charge is 0.378 e. The predicted octanol–water partition coefficient (Wildman–Crippen LogP) is 3.12. The Kier molecular flexibility index (Phi) is 4.08. The monoisotopic (exact) mass is 247 g/mol. The fraction of sp³-hybridized carbons (Fsp3) is 0.625. The Morgan fingerprint density at radius 1 is 1.17 bits per heavy atom. The predicted molar refractivity (Wildman–Crippen MR) is 75.9 cm³/mol. The summed E-state index contributed by atoms with van der Waals surface area (Å²) < 4.78 is 5.90. The van der Waals surface area contributed by atoms with Crippen molar-refractivity contribution < 1.29 is 4.74 Å². The highest BCUT2D eigenvalue weighted by molar-refractivity contribution is 5.24. The summed E-state index contributed by atoms with van der Waals surface area (Å²) in [5.74, 6) is 0. The van der Waals surface area contributed by atoms with Crippen LogP contribution >= 0.6 is 0 Å². The van der Waals surface area contributed by atoms with Crippen molar-refractivity contribution in [2.24, 2.45) is 0 Å². The van der Waals surface area contributed by atoms with E-state index in [9.17, 15) is 0 Å². The topological polar surface area (TPSA) is 21.3 Å². The van der Waals surface area contributed by atoms with E-state index in [0.29, 0.717) is 0 Å². The third-order valence-corrected chi connectivity index (χ3v) is 4.27. The molecular formula is C16H25NO. The molecule has 1 saturated heterocycles. The first-order chi connectivity index (χ1) is 8.58. The summed E-state index contributed by atoms with van der Waals surface area (Å²) in [7, 11) is 1.87. The van der Waals surface area contributed by atoms with Crippen molar-refractivity contribution in [2.45, 2.75) is 44.1 Å². The molecule has 0 amide bonds. The smallest absolute Gasteiger partial charge is 0.0711 e. The number of piperidine rings is 1. The summed E-state index contributed by atoms with van der Waals surface area (Å²) in [5.41, 5.74) is 1.61. The third-order valence-electron chi connectivity index (χ3n) is 4.27. The molecule has 0 aromatic heterocycles. The lowest BCUT2D eigenvalue weighted by Crippen LogP contribution is -2.46. The zero-order valence-corrected chi connectivity index (χ0v) is 11.8. The van der Waals surface area contributed by atoms with Crippen LogP contribution in [0.5, 0.6) is 0 Å². The van der Waals surface area contributed by atoms with Crippen LogP contribution in [0.4, 0.5) is 0 Å². The Labute approximate surface area is 111 Å². The number of ether oxygens (including phenoxy) is 1. The maximum atomic E-state index is 5.90. The molecule has 0 atom stereocenters. The van der Waals surface area contributed by atoms with Crippen molar-refractivity contribution in [3.63, 3.8) is 0 Å². The van der Waals surface area contributed by atoms with Crippen LogP contribution in [0.3, 0.4) is 0 Å². The van der Waals surface area contributed by atoms with Gasteiger partial charge < -0.3 is 10.1 Å². The van der Waals surface area contributed by atoms with Crippen LogP contribution in [0.25, 0.3) is 0 Å². The van der Waals surface area contributed by atoms with E-state index in [4.69, 9.17) is 4.74 Å². The fourth-order valence-electron chi connectivity index (χ4n) is 3.13. The average molecular weight is 247 g/mol. The van der Waals surface area contributed by atoms with Crippen molar-refractivity contribution >= 4 is 0 Å². The second-order valence-electron chi connectivity index (χ2n) is 6.06. The summed E-state index contributed by atoms with van der Waals surface area (Å²) >= 11 is 0. The molecule has 1 aliphatic rings. The quantitative estimate of drug-likeness (QED) is 0.882. The standard InChI is InChI=1S/C16H25NO/c1-15(2,14-7-5-4-6-8-14)13-16(18-3)9-11-17-12-10-16/h4-8,17H,9-13H2,1-3H3. The highest BCUT2D eigenvalue weighted by atomic mass is 16.5. The van der Waals surface area contributed by atoms with Crippen LogP contribution in [-0.4, -0.2) is 25.8 Å². The highest BCUT2D eigenvalue weighted by Crippen LogP contribution is 2.38. The summed E-state index contributed by atoms with van der Waals surface area (Å²) in [5, 5.41) is 3.42. The summed E-state index contributed by atoms with van der Waals surface area (Å²) in [4.78, 5) is 0. The molecule has 1 heterocycles. The van der Waals surface area contributed by atoms with E-state index in [-0.39, 0.29) is 11.0 Å². The van der Waals surface area contributed by atoms with Gasteiger partial charge in [-0.05, 0) is 43.3 Å². The van der Waals surface area contributed by atoms with E-state index >= 15 is 0 Å². The normalized spacial score (nSPS) is 19.7. The molecule has 2 heteroatoms. The molecular weight excluding hydrogens is 222 g/mol. The van der Waals surface area contributed by atoms with E-state index in [1.54, 1.807) is 0 Å². The van der Waals surface area contributed by atoms with Gasteiger partial charge in [0.25, 0.3) is 0 Å². The van der Waals surface area contributed by atoms with Gasteiger partial charge in [-0.1, -0.05) is 44.2 Å². The van der Waals surface area contributed by atoms with Crippen LogP contribution in [0.15, 0.2) is 30.3 Å². The number of benzene rings is 1. The van der Waals surface area contributed by atoms with E-state index < -0.39 is 0 Å². The molecule has 100 valence electrons. The molecule has 1 aliphatic heterocycles. The molecule has 1 aromatic rings. The molecule has 0 unspecified atom stereocenters. The van der Waals surface area contributed by atoms with Crippen molar-refractivity contribution in [1.82, 2.24) is 5.32 Å². The number of hydrogen-bond donors (Lipinski definition) is 1. The Hall–Kier alpha value is -0.860. The third kappa shape index (κ3) is 2.93. The molecule has 2 nitrogen and oxygen atoms in total. The van der Waals surface area contributed by atoms with Gasteiger partial charge in [-0.2, -0.15) is 0 Å². The molecule has 0 radical (unpaired) electrons. The minimum absolute atomic E-state index is 0.0462. The summed E-state index contributed by atoms with van der Waals surface area (Å²) in [6.45, 7) is 6.79. The lowest BCUT2D eigenvalue weighted by atomic mass is 9.72. The maximum Gasteiger partial charge on any atom is 0.0711 e. The van der Waals surface area contributed by atoms with Crippen molar-refractivity contribution in [3.05, 3.63) is 35.9 Å². The Balaban J connectivity index is 2.15.